The number of nitrogens with one attached hydrogen (secondary N) is 4. The summed E-state index contributed by atoms with van der Waals surface area (Å²) in [6.45, 7) is 14.8. The first-order valence-corrected chi connectivity index (χ1v) is 16.7. The summed E-state index contributed by atoms with van der Waals surface area (Å²) in [4.78, 5) is 63.1. The number of benzene rings is 2. The van der Waals surface area contributed by atoms with Crippen LogP contribution < -0.4 is 26.0 Å². The minimum atomic E-state index is -1.22. The smallest absolute Gasteiger partial charge is 0.407 e. The molecule has 0 aliphatic carbocycles. The number of alkyl carbamates (subject to hydrolysis) is 1. The zero-order valence-electron chi connectivity index (χ0n) is 30.2. The molecule has 0 spiro atoms. The number of aryl methyl sites for hydroxylation is 2. The number of hydrogen-bond acceptors (Lipinski definition) is 8. The van der Waals surface area contributed by atoms with E-state index in [-0.39, 0.29) is 19.4 Å². The van der Waals surface area contributed by atoms with Gasteiger partial charge in [-0.3, -0.25) is 19.2 Å². The van der Waals surface area contributed by atoms with E-state index in [0.29, 0.717) is 38.2 Å². The van der Waals surface area contributed by atoms with Crippen LogP contribution in [0.3, 0.4) is 0 Å². The molecule has 12 heteroatoms. The summed E-state index contributed by atoms with van der Waals surface area (Å²) in [6.07, 6.45) is 1.38. The third-order valence-electron chi connectivity index (χ3n) is 6.96. The average molecular weight is 683 g/mol. The molecule has 12 nitrogen and oxygen atoms in total. The first kappa shape index (κ1) is 40.6. The van der Waals surface area contributed by atoms with Crippen molar-refractivity contribution in [2.75, 3.05) is 13.2 Å². The van der Waals surface area contributed by atoms with Crippen LogP contribution in [0.4, 0.5) is 4.79 Å². The second-order valence-electron chi connectivity index (χ2n) is 13.9. The van der Waals surface area contributed by atoms with Gasteiger partial charge in [-0.2, -0.15) is 0 Å². The SMILES string of the molecule is CC(=O)NC(CC(=O)OC(C)(C)C)C(=O)NC(CCc1ccccc1)C(=O)NCc1cc(OCCCCNC(=O)OC(C)(C)C)ccc1C. The molecule has 0 aliphatic heterocycles. The molecule has 0 heterocycles. The maximum absolute atomic E-state index is 13.5. The lowest BCUT2D eigenvalue weighted by Crippen LogP contribution is -2.54. The molecule has 2 rings (SSSR count). The average Bonchev–Trinajstić information content (AvgIpc) is 2.98. The Hall–Kier alpha value is -4.61. The third kappa shape index (κ3) is 17.4. The normalized spacial score (nSPS) is 12.6. The minimum Gasteiger partial charge on any atom is -0.494 e. The van der Waals surface area contributed by atoms with E-state index in [1.165, 1.54) is 6.92 Å². The molecule has 0 bridgehead atoms. The lowest BCUT2D eigenvalue weighted by Gasteiger charge is -2.24. The highest BCUT2D eigenvalue weighted by Gasteiger charge is 2.30. The Morgan fingerprint density at radius 1 is 0.776 bits per heavy atom. The predicted molar refractivity (Wildman–Crippen MR) is 187 cm³/mol. The summed E-state index contributed by atoms with van der Waals surface area (Å²) in [5, 5.41) is 10.9. The second kappa shape index (κ2) is 19.4. The van der Waals surface area contributed by atoms with Crippen molar-refractivity contribution in [2.45, 2.75) is 117 Å². The highest BCUT2D eigenvalue weighted by atomic mass is 16.6. The first-order valence-electron chi connectivity index (χ1n) is 16.7. The van der Waals surface area contributed by atoms with E-state index in [2.05, 4.69) is 21.3 Å². The van der Waals surface area contributed by atoms with Crippen molar-refractivity contribution in [3.8, 4) is 5.75 Å². The van der Waals surface area contributed by atoms with Crippen LogP contribution in [0.5, 0.6) is 5.75 Å². The Balaban J connectivity index is 2.04. The Morgan fingerprint density at radius 3 is 2.08 bits per heavy atom. The van der Waals surface area contributed by atoms with E-state index < -0.39 is 53.1 Å². The molecule has 0 aromatic heterocycles. The molecule has 0 saturated heterocycles. The van der Waals surface area contributed by atoms with Gasteiger partial charge >= 0.3 is 12.1 Å². The van der Waals surface area contributed by atoms with Crippen molar-refractivity contribution in [1.82, 2.24) is 21.3 Å². The van der Waals surface area contributed by atoms with Gasteiger partial charge in [0.15, 0.2) is 0 Å². The lowest BCUT2D eigenvalue weighted by atomic mass is 10.0. The molecule has 49 heavy (non-hydrogen) atoms. The fraction of sp³-hybridized carbons (Fsp3) is 0.541. The fourth-order valence-electron chi connectivity index (χ4n) is 4.66. The number of ether oxygens (including phenoxy) is 3. The highest BCUT2D eigenvalue weighted by molar-refractivity contribution is 5.94. The zero-order valence-corrected chi connectivity index (χ0v) is 30.2. The van der Waals surface area contributed by atoms with Crippen molar-refractivity contribution in [1.29, 1.82) is 0 Å². The highest BCUT2D eigenvalue weighted by Crippen LogP contribution is 2.18. The summed E-state index contributed by atoms with van der Waals surface area (Å²) in [6, 6.07) is 13.0. The van der Waals surface area contributed by atoms with Gasteiger partial charge in [0.1, 0.15) is 29.0 Å². The maximum Gasteiger partial charge on any atom is 0.407 e. The molecule has 0 saturated carbocycles. The Labute approximate surface area is 290 Å². The quantitative estimate of drug-likeness (QED) is 0.139. The predicted octanol–water partition coefficient (Wildman–Crippen LogP) is 4.65. The summed E-state index contributed by atoms with van der Waals surface area (Å²) in [5.41, 5.74) is 1.46. The van der Waals surface area contributed by atoms with Gasteiger partial charge in [-0.25, -0.2) is 4.79 Å². The van der Waals surface area contributed by atoms with Crippen molar-refractivity contribution in [3.63, 3.8) is 0 Å². The largest absolute Gasteiger partial charge is 0.494 e. The van der Waals surface area contributed by atoms with Crippen molar-refractivity contribution >= 4 is 29.8 Å². The van der Waals surface area contributed by atoms with Crippen LogP contribution in [-0.4, -0.2) is 66.2 Å². The van der Waals surface area contributed by atoms with Crippen molar-refractivity contribution in [3.05, 3.63) is 65.2 Å². The van der Waals surface area contributed by atoms with Crippen LogP contribution in [-0.2, 0) is 41.6 Å². The van der Waals surface area contributed by atoms with Crippen LogP contribution in [0.25, 0.3) is 0 Å². The molecular formula is C37H54N4O8. The summed E-state index contributed by atoms with van der Waals surface area (Å²) in [7, 11) is 0. The summed E-state index contributed by atoms with van der Waals surface area (Å²) in [5.74, 6) is -1.58. The second-order valence-corrected chi connectivity index (χ2v) is 13.9. The van der Waals surface area contributed by atoms with E-state index >= 15 is 0 Å². The van der Waals surface area contributed by atoms with Crippen LogP contribution in [0.15, 0.2) is 48.5 Å². The third-order valence-corrected chi connectivity index (χ3v) is 6.96. The topological polar surface area (TPSA) is 161 Å². The van der Waals surface area contributed by atoms with E-state index in [4.69, 9.17) is 14.2 Å². The molecule has 270 valence electrons. The minimum absolute atomic E-state index is 0.187. The van der Waals surface area contributed by atoms with Crippen LogP contribution in [0.2, 0.25) is 0 Å². The number of carbonyl (C=O) groups is 5. The number of rotatable bonds is 17. The molecule has 0 radical (unpaired) electrons. The number of amides is 4. The van der Waals surface area contributed by atoms with E-state index in [1.807, 2.05) is 76.2 Å². The van der Waals surface area contributed by atoms with Gasteiger partial charge in [0.05, 0.1) is 13.0 Å². The number of unbranched alkanes of at least 4 members (excludes halogenated alkanes) is 1. The number of hydrogen-bond donors (Lipinski definition) is 4. The number of carbonyl (C=O) groups excluding carboxylic acids is 5. The molecule has 2 atom stereocenters. The molecule has 2 aromatic carbocycles. The Kier molecular flexibility index (Phi) is 16.1. The molecule has 2 unspecified atom stereocenters. The monoisotopic (exact) mass is 682 g/mol. The molecule has 0 aliphatic rings. The molecule has 4 N–H and O–H groups in total. The molecule has 4 amide bonds. The van der Waals surface area contributed by atoms with Crippen molar-refractivity contribution < 1.29 is 38.2 Å². The lowest BCUT2D eigenvalue weighted by molar-refractivity contribution is -0.156. The Bertz CT molecular complexity index is 1400. The van der Waals surface area contributed by atoms with Crippen LogP contribution in [0, 0.1) is 6.92 Å². The van der Waals surface area contributed by atoms with Gasteiger partial charge in [-0.15, -0.1) is 0 Å². The summed E-state index contributed by atoms with van der Waals surface area (Å²) >= 11 is 0. The first-order chi connectivity index (χ1) is 22.9. The maximum atomic E-state index is 13.5. The Morgan fingerprint density at radius 2 is 1.45 bits per heavy atom. The van der Waals surface area contributed by atoms with Gasteiger partial charge in [0.2, 0.25) is 17.7 Å². The molecular weight excluding hydrogens is 628 g/mol. The van der Waals surface area contributed by atoms with E-state index in [9.17, 15) is 24.0 Å². The van der Waals surface area contributed by atoms with Gasteiger partial charge in [0.25, 0.3) is 0 Å². The fourth-order valence-corrected chi connectivity index (χ4v) is 4.66. The van der Waals surface area contributed by atoms with Gasteiger partial charge < -0.3 is 35.5 Å². The zero-order chi connectivity index (χ0) is 36.6. The standard InChI is InChI=1S/C37H54N4O8/c1-25-16-18-29(47-21-13-12-20-38-35(46)49-37(6,7)8)22-28(25)24-39-33(44)30(19-17-27-14-10-9-11-15-27)41-34(45)31(40-26(2)42)23-32(43)48-36(3,4)5/h9-11,14-16,18,22,30-31H,12-13,17,19-21,23-24H2,1-8H3,(H,38,46)(H,39,44)(H,40,42)(H,41,45). The molecule has 2 aromatic rings. The molecule has 0 fully saturated rings. The van der Waals surface area contributed by atoms with Crippen LogP contribution >= 0.6 is 0 Å². The van der Waals surface area contributed by atoms with E-state index in [0.717, 1.165) is 16.7 Å². The van der Waals surface area contributed by atoms with Gasteiger partial charge in [0, 0.05) is 20.0 Å². The van der Waals surface area contributed by atoms with Gasteiger partial charge in [-0.05, 0) is 103 Å². The summed E-state index contributed by atoms with van der Waals surface area (Å²) < 4.78 is 16.5. The van der Waals surface area contributed by atoms with Gasteiger partial charge in [-0.1, -0.05) is 36.4 Å². The van der Waals surface area contributed by atoms with E-state index in [1.54, 1.807) is 20.8 Å². The van der Waals surface area contributed by atoms with Crippen LogP contribution in [0.1, 0.15) is 90.8 Å². The van der Waals surface area contributed by atoms with Crippen molar-refractivity contribution in [2.24, 2.45) is 0 Å². The number of esters is 1.